The summed E-state index contributed by atoms with van der Waals surface area (Å²) in [6.45, 7) is 3.30. The van der Waals surface area contributed by atoms with Crippen LogP contribution in [0, 0.1) is 6.92 Å². The highest BCUT2D eigenvalue weighted by molar-refractivity contribution is 6.14. The molecule has 1 atom stereocenters. The Bertz CT molecular complexity index is 750. The van der Waals surface area contributed by atoms with Crippen LogP contribution in [0.3, 0.4) is 0 Å². The maximum atomic E-state index is 12.6. The van der Waals surface area contributed by atoms with Gasteiger partial charge in [-0.05, 0) is 19.9 Å². The van der Waals surface area contributed by atoms with E-state index in [9.17, 15) is 14.4 Å². The van der Waals surface area contributed by atoms with Gasteiger partial charge in [-0.1, -0.05) is 48.0 Å². The van der Waals surface area contributed by atoms with Crippen molar-refractivity contribution in [3.63, 3.8) is 0 Å². The van der Waals surface area contributed by atoms with Crippen molar-refractivity contribution in [3.8, 4) is 0 Å². The molecule has 0 radical (unpaired) electrons. The Morgan fingerprint density at radius 3 is 2.09 bits per heavy atom. The number of ketones is 1. The minimum atomic E-state index is -1.06. The number of amides is 1. The number of hydrogen-bond donors (Lipinski definition) is 1. The molecule has 1 amide bonds. The second kappa shape index (κ2) is 6.87. The minimum Gasteiger partial charge on any atom is -0.449 e. The van der Waals surface area contributed by atoms with Gasteiger partial charge in [0.1, 0.15) is 0 Å². The molecule has 0 fully saturated rings. The van der Waals surface area contributed by atoms with E-state index in [1.165, 1.54) is 13.0 Å². The fourth-order valence-electron chi connectivity index (χ4n) is 2.00. The lowest BCUT2D eigenvalue weighted by molar-refractivity contribution is -0.125. The van der Waals surface area contributed by atoms with E-state index >= 15 is 0 Å². The number of rotatable bonds is 5. The van der Waals surface area contributed by atoms with Crippen LogP contribution in [0.2, 0.25) is 0 Å². The van der Waals surface area contributed by atoms with Crippen LogP contribution in [-0.4, -0.2) is 23.8 Å². The maximum Gasteiger partial charge on any atom is 0.339 e. The number of esters is 1. The number of ether oxygens (including phenoxy) is 1. The molecule has 0 bridgehead atoms. The standard InChI is InChI=1S/C18H17NO4/c1-11-7-9-13(10-8-11)16(20)14-5-3-4-6-15(14)18(22)23-12(2)17(19)21/h3-10,12H,1-2H3,(H2,19,21)/t12-/m0/s1. The Labute approximate surface area is 134 Å². The Morgan fingerprint density at radius 1 is 0.957 bits per heavy atom. The first kappa shape index (κ1) is 16.4. The summed E-state index contributed by atoms with van der Waals surface area (Å²) in [5, 5.41) is 0. The topological polar surface area (TPSA) is 86.5 Å². The number of carbonyl (C=O) groups excluding carboxylic acids is 3. The van der Waals surface area contributed by atoms with Crippen LogP contribution < -0.4 is 5.73 Å². The number of benzene rings is 2. The lowest BCUT2D eigenvalue weighted by Crippen LogP contribution is -2.30. The fourth-order valence-corrected chi connectivity index (χ4v) is 2.00. The fraction of sp³-hybridized carbons (Fsp3) is 0.167. The first-order chi connectivity index (χ1) is 10.9. The highest BCUT2D eigenvalue weighted by Gasteiger charge is 2.22. The molecule has 0 saturated carbocycles. The number of carbonyl (C=O) groups is 3. The third kappa shape index (κ3) is 3.83. The van der Waals surface area contributed by atoms with Crippen molar-refractivity contribution < 1.29 is 19.1 Å². The molecular formula is C18H17NO4. The molecule has 2 aromatic rings. The zero-order valence-electron chi connectivity index (χ0n) is 12.9. The van der Waals surface area contributed by atoms with E-state index in [1.807, 2.05) is 19.1 Å². The molecule has 0 aromatic heterocycles. The van der Waals surface area contributed by atoms with Crippen molar-refractivity contribution in [1.29, 1.82) is 0 Å². The largest absolute Gasteiger partial charge is 0.449 e. The van der Waals surface area contributed by atoms with Gasteiger partial charge in [0.25, 0.3) is 5.91 Å². The first-order valence-electron chi connectivity index (χ1n) is 7.11. The van der Waals surface area contributed by atoms with Gasteiger partial charge in [-0.15, -0.1) is 0 Å². The summed E-state index contributed by atoms with van der Waals surface area (Å²) in [6.07, 6.45) is -1.06. The molecular weight excluding hydrogens is 294 g/mol. The average molecular weight is 311 g/mol. The quantitative estimate of drug-likeness (QED) is 0.678. The van der Waals surface area contributed by atoms with Crippen LogP contribution in [0.5, 0.6) is 0 Å². The molecule has 2 rings (SSSR count). The van der Waals surface area contributed by atoms with E-state index in [2.05, 4.69) is 0 Å². The highest BCUT2D eigenvalue weighted by atomic mass is 16.5. The van der Waals surface area contributed by atoms with Crippen molar-refractivity contribution in [1.82, 2.24) is 0 Å². The third-order valence-electron chi connectivity index (χ3n) is 3.39. The van der Waals surface area contributed by atoms with E-state index in [-0.39, 0.29) is 16.9 Å². The Hall–Kier alpha value is -2.95. The van der Waals surface area contributed by atoms with E-state index in [4.69, 9.17) is 10.5 Å². The van der Waals surface area contributed by atoms with Crippen molar-refractivity contribution in [2.24, 2.45) is 5.73 Å². The van der Waals surface area contributed by atoms with Gasteiger partial charge >= 0.3 is 5.97 Å². The monoisotopic (exact) mass is 311 g/mol. The molecule has 118 valence electrons. The lowest BCUT2D eigenvalue weighted by Gasteiger charge is -2.12. The van der Waals surface area contributed by atoms with Crippen LogP contribution in [0.4, 0.5) is 0 Å². The summed E-state index contributed by atoms with van der Waals surface area (Å²) in [5.41, 5.74) is 6.91. The number of primary amides is 1. The average Bonchev–Trinajstić information content (AvgIpc) is 2.54. The van der Waals surface area contributed by atoms with Gasteiger partial charge < -0.3 is 10.5 Å². The van der Waals surface area contributed by atoms with Gasteiger partial charge in [-0.2, -0.15) is 0 Å². The summed E-state index contributed by atoms with van der Waals surface area (Å²) in [4.78, 5) is 35.8. The van der Waals surface area contributed by atoms with Gasteiger partial charge in [-0.3, -0.25) is 9.59 Å². The minimum absolute atomic E-state index is 0.103. The van der Waals surface area contributed by atoms with Crippen LogP contribution in [0.15, 0.2) is 48.5 Å². The van der Waals surface area contributed by atoms with Crippen LogP contribution >= 0.6 is 0 Å². The summed E-state index contributed by atoms with van der Waals surface area (Å²) in [7, 11) is 0. The summed E-state index contributed by atoms with van der Waals surface area (Å²) < 4.78 is 4.98. The normalized spacial score (nSPS) is 11.6. The van der Waals surface area contributed by atoms with Crippen molar-refractivity contribution in [2.45, 2.75) is 20.0 Å². The summed E-state index contributed by atoms with van der Waals surface area (Å²) in [6, 6.07) is 13.4. The summed E-state index contributed by atoms with van der Waals surface area (Å²) in [5.74, 6) is -1.79. The predicted molar refractivity (Wildman–Crippen MR) is 85.1 cm³/mol. The van der Waals surface area contributed by atoms with E-state index in [0.717, 1.165) is 5.56 Å². The maximum absolute atomic E-state index is 12.6. The zero-order valence-corrected chi connectivity index (χ0v) is 12.9. The van der Waals surface area contributed by atoms with Gasteiger partial charge in [0.05, 0.1) is 5.56 Å². The van der Waals surface area contributed by atoms with Gasteiger partial charge in [0.15, 0.2) is 11.9 Å². The molecule has 2 N–H and O–H groups in total. The molecule has 0 heterocycles. The Balaban J connectivity index is 2.33. The molecule has 0 spiro atoms. The molecule has 0 aliphatic carbocycles. The molecule has 0 aliphatic heterocycles. The molecule has 2 aromatic carbocycles. The SMILES string of the molecule is Cc1ccc(C(=O)c2ccccc2C(=O)O[C@@H](C)C(N)=O)cc1. The van der Waals surface area contributed by atoms with Gasteiger partial charge in [0.2, 0.25) is 0 Å². The molecule has 0 aliphatic rings. The zero-order chi connectivity index (χ0) is 17.0. The van der Waals surface area contributed by atoms with E-state index in [0.29, 0.717) is 5.56 Å². The number of nitrogens with two attached hydrogens (primary N) is 1. The van der Waals surface area contributed by atoms with E-state index in [1.54, 1.807) is 30.3 Å². The van der Waals surface area contributed by atoms with Crippen LogP contribution in [-0.2, 0) is 9.53 Å². The van der Waals surface area contributed by atoms with Crippen molar-refractivity contribution in [3.05, 3.63) is 70.8 Å². The van der Waals surface area contributed by atoms with Crippen LogP contribution in [0.1, 0.15) is 38.8 Å². The lowest BCUT2D eigenvalue weighted by atomic mass is 9.98. The second-order valence-electron chi connectivity index (χ2n) is 5.19. The van der Waals surface area contributed by atoms with Crippen molar-refractivity contribution in [2.75, 3.05) is 0 Å². The van der Waals surface area contributed by atoms with Gasteiger partial charge in [-0.25, -0.2) is 4.79 Å². The smallest absolute Gasteiger partial charge is 0.339 e. The van der Waals surface area contributed by atoms with E-state index < -0.39 is 18.0 Å². The number of aryl methyl sites for hydroxylation is 1. The van der Waals surface area contributed by atoms with Crippen LogP contribution in [0.25, 0.3) is 0 Å². The van der Waals surface area contributed by atoms with Gasteiger partial charge in [0, 0.05) is 11.1 Å². The molecule has 23 heavy (non-hydrogen) atoms. The first-order valence-corrected chi connectivity index (χ1v) is 7.11. The number of hydrogen-bond acceptors (Lipinski definition) is 4. The molecule has 5 heteroatoms. The second-order valence-corrected chi connectivity index (χ2v) is 5.19. The Kier molecular flexibility index (Phi) is 4.91. The predicted octanol–water partition coefficient (Wildman–Crippen LogP) is 2.26. The summed E-state index contributed by atoms with van der Waals surface area (Å²) >= 11 is 0. The highest BCUT2D eigenvalue weighted by Crippen LogP contribution is 2.17. The molecule has 0 unspecified atom stereocenters. The molecule has 0 saturated heterocycles. The molecule has 5 nitrogen and oxygen atoms in total. The van der Waals surface area contributed by atoms with Crippen molar-refractivity contribution >= 4 is 17.7 Å². The Morgan fingerprint density at radius 2 is 1.52 bits per heavy atom. The third-order valence-corrected chi connectivity index (χ3v) is 3.39.